The molecule has 1 aromatic carbocycles. The van der Waals surface area contributed by atoms with Crippen molar-refractivity contribution < 1.29 is 13.2 Å². The number of rotatable bonds is 6. The quantitative estimate of drug-likeness (QED) is 0.614. The minimum absolute atomic E-state index is 0.151. The van der Waals surface area contributed by atoms with Crippen LogP contribution < -0.4 is 5.32 Å². The Morgan fingerprint density at radius 3 is 2.56 bits per heavy atom. The van der Waals surface area contributed by atoms with Crippen LogP contribution in [0.5, 0.6) is 0 Å². The summed E-state index contributed by atoms with van der Waals surface area (Å²) in [6.07, 6.45) is 3.48. The van der Waals surface area contributed by atoms with Crippen molar-refractivity contribution in [3.63, 3.8) is 0 Å². The molecule has 9 heteroatoms. The summed E-state index contributed by atoms with van der Waals surface area (Å²) in [6, 6.07) is 8.55. The summed E-state index contributed by atoms with van der Waals surface area (Å²) >= 11 is 0. The predicted octanol–water partition coefficient (Wildman–Crippen LogP) is 3.40. The second-order valence-corrected chi connectivity index (χ2v) is 10.2. The van der Waals surface area contributed by atoms with Crippen molar-refractivity contribution in [2.75, 3.05) is 18.4 Å². The molecule has 0 bridgehead atoms. The standard InChI is InChI=1S/C23H29N5O3S/c1-16-15-22-24-17(2)19(18(3)28(22)26-16)11-12-23(29)25-20-9-5-6-10-21(20)32(30,31)27-13-7-4-8-14-27/h5-6,9-10,15H,4,7-8,11-14H2,1-3H3,(H,25,29). The SMILES string of the molecule is Cc1cc2nc(C)c(CCC(=O)Nc3ccccc3S(=O)(=O)N3CCCCC3)c(C)n2n1. The van der Waals surface area contributed by atoms with Gasteiger partial charge in [0.25, 0.3) is 0 Å². The van der Waals surface area contributed by atoms with Gasteiger partial charge in [-0.25, -0.2) is 17.9 Å². The fraction of sp³-hybridized carbons (Fsp3) is 0.435. The van der Waals surface area contributed by atoms with E-state index in [0.717, 1.165) is 47.6 Å². The molecule has 3 aromatic rings. The Hall–Kier alpha value is -2.78. The van der Waals surface area contributed by atoms with Crippen LogP contribution in [0, 0.1) is 20.8 Å². The second kappa shape index (κ2) is 8.99. The van der Waals surface area contributed by atoms with Gasteiger partial charge in [0.05, 0.1) is 11.4 Å². The van der Waals surface area contributed by atoms with E-state index in [4.69, 9.17) is 0 Å². The van der Waals surface area contributed by atoms with Crippen LogP contribution in [0.2, 0.25) is 0 Å². The molecule has 0 atom stereocenters. The topological polar surface area (TPSA) is 96.7 Å². The number of anilines is 1. The van der Waals surface area contributed by atoms with Gasteiger partial charge in [0.2, 0.25) is 15.9 Å². The lowest BCUT2D eigenvalue weighted by molar-refractivity contribution is -0.116. The van der Waals surface area contributed by atoms with Crippen molar-refractivity contribution in [1.29, 1.82) is 0 Å². The highest BCUT2D eigenvalue weighted by molar-refractivity contribution is 7.89. The van der Waals surface area contributed by atoms with Gasteiger partial charge in [-0.1, -0.05) is 18.6 Å². The summed E-state index contributed by atoms with van der Waals surface area (Å²) in [7, 11) is -3.64. The first kappa shape index (κ1) is 22.4. The van der Waals surface area contributed by atoms with Gasteiger partial charge in [-0.2, -0.15) is 9.40 Å². The van der Waals surface area contributed by atoms with Gasteiger partial charge < -0.3 is 5.32 Å². The molecular weight excluding hydrogens is 426 g/mol. The smallest absolute Gasteiger partial charge is 0.245 e. The van der Waals surface area contributed by atoms with Crippen LogP contribution in [0.15, 0.2) is 35.2 Å². The lowest BCUT2D eigenvalue weighted by Gasteiger charge is -2.26. The Balaban J connectivity index is 1.51. The molecule has 0 unspecified atom stereocenters. The molecule has 1 N–H and O–H groups in total. The number of nitrogens with one attached hydrogen (secondary N) is 1. The number of piperidine rings is 1. The molecule has 3 heterocycles. The molecule has 0 saturated carbocycles. The molecular formula is C23H29N5O3S. The van der Waals surface area contributed by atoms with Crippen molar-refractivity contribution in [2.24, 2.45) is 0 Å². The Morgan fingerprint density at radius 2 is 1.81 bits per heavy atom. The van der Waals surface area contributed by atoms with E-state index >= 15 is 0 Å². The molecule has 1 aliphatic heterocycles. The maximum atomic E-state index is 13.1. The van der Waals surface area contributed by atoms with Gasteiger partial charge in [0.15, 0.2) is 5.65 Å². The van der Waals surface area contributed by atoms with Crippen molar-refractivity contribution >= 4 is 27.3 Å². The normalized spacial score (nSPS) is 15.2. The monoisotopic (exact) mass is 455 g/mol. The average molecular weight is 456 g/mol. The maximum Gasteiger partial charge on any atom is 0.245 e. The molecule has 1 fully saturated rings. The number of benzene rings is 1. The summed E-state index contributed by atoms with van der Waals surface area (Å²) in [5.41, 5.74) is 4.82. The van der Waals surface area contributed by atoms with Gasteiger partial charge in [-0.3, -0.25) is 4.79 Å². The number of para-hydroxylation sites is 1. The Labute approximate surface area is 188 Å². The summed E-state index contributed by atoms with van der Waals surface area (Å²) in [5, 5.41) is 7.29. The summed E-state index contributed by atoms with van der Waals surface area (Å²) in [6.45, 7) is 6.87. The highest BCUT2D eigenvalue weighted by Gasteiger charge is 2.28. The van der Waals surface area contributed by atoms with Gasteiger partial charge in [0.1, 0.15) is 4.90 Å². The first-order valence-corrected chi connectivity index (χ1v) is 12.4. The number of aromatic nitrogens is 3. The summed E-state index contributed by atoms with van der Waals surface area (Å²) in [5.74, 6) is -0.234. The molecule has 8 nitrogen and oxygen atoms in total. The second-order valence-electron chi connectivity index (χ2n) is 8.33. The van der Waals surface area contributed by atoms with Crippen LogP contribution in [0.3, 0.4) is 0 Å². The number of carbonyl (C=O) groups is 1. The van der Waals surface area contributed by atoms with Crippen LogP contribution >= 0.6 is 0 Å². The Kier molecular flexibility index (Phi) is 6.30. The molecule has 1 saturated heterocycles. The van der Waals surface area contributed by atoms with Crippen LogP contribution in [0.4, 0.5) is 5.69 Å². The zero-order chi connectivity index (χ0) is 22.9. The highest BCUT2D eigenvalue weighted by atomic mass is 32.2. The molecule has 4 rings (SSSR count). The number of nitrogens with zero attached hydrogens (tertiary/aromatic N) is 4. The third kappa shape index (κ3) is 4.40. The van der Waals surface area contributed by atoms with Gasteiger partial charge >= 0.3 is 0 Å². The average Bonchev–Trinajstić information content (AvgIpc) is 3.14. The van der Waals surface area contributed by atoms with Crippen molar-refractivity contribution in [2.45, 2.75) is 57.8 Å². The number of aryl methyl sites for hydroxylation is 3. The van der Waals surface area contributed by atoms with Gasteiger partial charge in [-0.05, 0) is 57.7 Å². The molecule has 0 radical (unpaired) electrons. The zero-order valence-corrected chi connectivity index (χ0v) is 19.6. The van der Waals surface area contributed by atoms with Crippen molar-refractivity contribution in [3.8, 4) is 0 Å². The summed E-state index contributed by atoms with van der Waals surface area (Å²) in [4.78, 5) is 17.5. The lowest BCUT2D eigenvalue weighted by atomic mass is 10.1. The molecule has 1 amide bonds. The number of fused-ring (bicyclic) bond motifs is 1. The van der Waals surface area contributed by atoms with Gasteiger partial charge in [0, 0.05) is 37.0 Å². The van der Waals surface area contributed by atoms with Crippen LogP contribution in [-0.2, 0) is 21.2 Å². The molecule has 2 aromatic heterocycles. The first-order valence-electron chi connectivity index (χ1n) is 11.0. The van der Waals surface area contributed by atoms with Crippen LogP contribution in [-0.4, -0.2) is 46.3 Å². The fourth-order valence-corrected chi connectivity index (χ4v) is 5.96. The zero-order valence-electron chi connectivity index (χ0n) is 18.8. The van der Waals surface area contributed by atoms with E-state index in [1.165, 1.54) is 4.31 Å². The van der Waals surface area contributed by atoms with E-state index in [2.05, 4.69) is 15.4 Å². The summed E-state index contributed by atoms with van der Waals surface area (Å²) < 4.78 is 29.6. The van der Waals surface area contributed by atoms with E-state index in [1.807, 2.05) is 26.8 Å². The minimum Gasteiger partial charge on any atom is -0.325 e. The number of sulfonamides is 1. The lowest BCUT2D eigenvalue weighted by Crippen LogP contribution is -2.36. The highest BCUT2D eigenvalue weighted by Crippen LogP contribution is 2.27. The molecule has 0 aliphatic carbocycles. The largest absolute Gasteiger partial charge is 0.325 e. The number of hydrogen-bond acceptors (Lipinski definition) is 5. The van der Waals surface area contributed by atoms with E-state index in [9.17, 15) is 13.2 Å². The Morgan fingerprint density at radius 1 is 1.09 bits per heavy atom. The molecule has 170 valence electrons. The fourth-order valence-electron chi connectivity index (χ4n) is 4.29. The molecule has 0 spiro atoms. The first-order chi connectivity index (χ1) is 15.3. The van der Waals surface area contributed by atoms with Crippen molar-refractivity contribution in [1.82, 2.24) is 18.9 Å². The van der Waals surface area contributed by atoms with E-state index in [1.54, 1.807) is 28.8 Å². The van der Waals surface area contributed by atoms with E-state index < -0.39 is 10.0 Å². The van der Waals surface area contributed by atoms with Crippen LogP contribution in [0.1, 0.15) is 48.3 Å². The van der Waals surface area contributed by atoms with Crippen molar-refractivity contribution in [3.05, 3.63) is 53.0 Å². The van der Waals surface area contributed by atoms with Crippen LogP contribution in [0.25, 0.3) is 5.65 Å². The molecule has 32 heavy (non-hydrogen) atoms. The minimum atomic E-state index is -3.64. The van der Waals surface area contributed by atoms with E-state index in [-0.39, 0.29) is 17.2 Å². The number of carbonyl (C=O) groups excluding carboxylic acids is 1. The Bertz CT molecular complexity index is 1260. The third-order valence-electron chi connectivity index (χ3n) is 5.98. The number of amides is 1. The predicted molar refractivity (Wildman–Crippen MR) is 123 cm³/mol. The molecule has 1 aliphatic rings. The maximum absolute atomic E-state index is 13.1. The van der Waals surface area contributed by atoms with Gasteiger partial charge in [-0.15, -0.1) is 0 Å². The van der Waals surface area contributed by atoms with E-state index in [0.29, 0.717) is 25.2 Å². The third-order valence-corrected chi connectivity index (χ3v) is 7.94. The number of hydrogen-bond donors (Lipinski definition) is 1.